The van der Waals surface area contributed by atoms with E-state index in [2.05, 4.69) is 9.98 Å². The number of nitrogens with zero attached hydrogens (tertiary/aromatic N) is 2. The number of nitrogens with two attached hydrogens (primary N) is 1. The van der Waals surface area contributed by atoms with Crippen molar-refractivity contribution in [1.29, 1.82) is 0 Å². The zero-order valence-electron chi connectivity index (χ0n) is 6.04. The highest BCUT2D eigenvalue weighted by atomic mass is 15.1. The molecule has 1 aliphatic carbocycles. The van der Waals surface area contributed by atoms with Gasteiger partial charge >= 0.3 is 0 Å². The van der Waals surface area contributed by atoms with Gasteiger partial charge in [0, 0.05) is 5.92 Å². The smallest absolute Gasteiger partial charge is 0.145 e. The van der Waals surface area contributed by atoms with Crippen molar-refractivity contribution >= 4 is 11.5 Å². The molecule has 3 nitrogen and oxygen atoms in total. The Morgan fingerprint density at radius 3 is 2.50 bits per heavy atom. The van der Waals surface area contributed by atoms with Gasteiger partial charge in [0.1, 0.15) is 12.0 Å². The summed E-state index contributed by atoms with van der Waals surface area (Å²) in [5, 5.41) is 0. The molecule has 0 spiro atoms. The molecule has 0 aromatic heterocycles. The zero-order chi connectivity index (χ0) is 7.14. The normalized spacial score (nSPS) is 31.9. The minimum Gasteiger partial charge on any atom is -0.382 e. The number of amidine groups is 1. The van der Waals surface area contributed by atoms with E-state index in [1.807, 2.05) is 6.92 Å². The molecular formula is C7H11N3. The minimum absolute atomic E-state index is 0.181. The summed E-state index contributed by atoms with van der Waals surface area (Å²) in [6.45, 7) is 1.92. The number of hydrogen-bond acceptors (Lipinski definition) is 3. The van der Waals surface area contributed by atoms with Gasteiger partial charge in [0.25, 0.3) is 0 Å². The molecule has 10 heavy (non-hydrogen) atoms. The van der Waals surface area contributed by atoms with Crippen LogP contribution in [0.5, 0.6) is 0 Å². The van der Waals surface area contributed by atoms with E-state index in [1.165, 1.54) is 12.8 Å². The largest absolute Gasteiger partial charge is 0.382 e. The Kier molecular flexibility index (Phi) is 1.07. The summed E-state index contributed by atoms with van der Waals surface area (Å²) in [5.74, 6) is 1.34. The average molecular weight is 137 g/mol. The van der Waals surface area contributed by atoms with E-state index in [0.717, 1.165) is 5.71 Å². The quantitative estimate of drug-likeness (QED) is 0.564. The van der Waals surface area contributed by atoms with Crippen LogP contribution in [0.3, 0.4) is 0 Å². The van der Waals surface area contributed by atoms with Gasteiger partial charge in [-0.05, 0) is 19.8 Å². The maximum atomic E-state index is 5.55. The predicted molar refractivity (Wildman–Crippen MR) is 41.2 cm³/mol. The Labute approximate surface area is 60.0 Å². The van der Waals surface area contributed by atoms with Crippen LogP contribution in [-0.2, 0) is 0 Å². The average Bonchev–Trinajstić information content (AvgIpc) is 2.64. The van der Waals surface area contributed by atoms with E-state index >= 15 is 0 Å². The first-order valence-electron chi connectivity index (χ1n) is 3.65. The highest BCUT2D eigenvalue weighted by Gasteiger charge is 2.33. The molecule has 1 saturated carbocycles. The van der Waals surface area contributed by atoms with E-state index in [1.54, 1.807) is 0 Å². The van der Waals surface area contributed by atoms with E-state index in [-0.39, 0.29) is 6.17 Å². The van der Waals surface area contributed by atoms with Crippen molar-refractivity contribution < 1.29 is 0 Å². The molecule has 0 amide bonds. The molecule has 0 saturated heterocycles. The fourth-order valence-electron chi connectivity index (χ4n) is 1.13. The van der Waals surface area contributed by atoms with Gasteiger partial charge in [-0.25, -0.2) is 4.99 Å². The van der Waals surface area contributed by atoms with Gasteiger partial charge in [0.2, 0.25) is 0 Å². The van der Waals surface area contributed by atoms with Crippen LogP contribution in [-0.4, -0.2) is 17.7 Å². The van der Waals surface area contributed by atoms with Gasteiger partial charge in [-0.2, -0.15) is 0 Å². The summed E-state index contributed by atoms with van der Waals surface area (Å²) in [6, 6.07) is 0. The SMILES string of the molecule is CC1=NC(C2CC2)N=C1N. The number of aliphatic imine (C=N–C) groups is 2. The molecule has 0 aromatic carbocycles. The summed E-state index contributed by atoms with van der Waals surface area (Å²) in [7, 11) is 0. The molecule has 0 bridgehead atoms. The van der Waals surface area contributed by atoms with E-state index in [0.29, 0.717) is 11.8 Å². The number of rotatable bonds is 1. The van der Waals surface area contributed by atoms with Crippen LogP contribution >= 0.6 is 0 Å². The first kappa shape index (κ1) is 5.89. The summed E-state index contributed by atoms with van der Waals surface area (Å²) in [5.41, 5.74) is 6.47. The van der Waals surface area contributed by atoms with E-state index in [4.69, 9.17) is 5.73 Å². The van der Waals surface area contributed by atoms with Crippen LogP contribution in [0.4, 0.5) is 0 Å². The summed E-state index contributed by atoms with van der Waals surface area (Å²) < 4.78 is 0. The van der Waals surface area contributed by atoms with Crippen molar-refractivity contribution in [3.8, 4) is 0 Å². The molecule has 1 heterocycles. The lowest BCUT2D eigenvalue weighted by Gasteiger charge is -1.96. The first-order chi connectivity index (χ1) is 4.77. The highest BCUT2D eigenvalue weighted by Crippen LogP contribution is 2.36. The maximum absolute atomic E-state index is 5.55. The van der Waals surface area contributed by atoms with Crippen molar-refractivity contribution in [1.82, 2.24) is 0 Å². The molecule has 0 aromatic rings. The second-order valence-corrected chi connectivity index (χ2v) is 2.98. The van der Waals surface area contributed by atoms with Crippen molar-refractivity contribution in [2.45, 2.75) is 25.9 Å². The molecule has 2 N–H and O–H groups in total. The second kappa shape index (κ2) is 1.81. The van der Waals surface area contributed by atoms with Crippen LogP contribution in [0.2, 0.25) is 0 Å². The summed E-state index contributed by atoms with van der Waals surface area (Å²) in [4.78, 5) is 8.54. The standard InChI is InChI=1S/C7H11N3/c1-4-6(8)10-7(9-4)5-2-3-5/h5,7H,2-3H2,1H3,(H2,8,10). The summed E-state index contributed by atoms with van der Waals surface area (Å²) >= 11 is 0. The van der Waals surface area contributed by atoms with E-state index < -0.39 is 0 Å². The zero-order valence-corrected chi connectivity index (χ0v) is 6.04. The summed E-state index contributed by atoms with van der Waals surface area (Å²) in [6.07, 6.45) is 2.73. The lowest BCUT2D eigenvalue weighted by molar-refractivity contribution is 0.637. The molecule has 3 heteroatoms. The minimum atomic E-state index is 0.181. The van der Waals surface area contributed by atoms with Crippen molar-refractivity contribution in [2.75, 3.05) is 0 Å². The second-order valence-electron chi connectivity index (χ2n) is 2.98. The molecule has 1 aliphatic heterocycles. The van der Waals surface area contributed by atoms with Crippen molar-refractivity contribution in [2.24, 2.45) is 21.6 Å². The molecule has 0 radical (unpaired) electrons. The Morgan fingerprint density at radius 1 is 1.40 bits per heavy atom. The predicted octanol–water partition coefficient (Wildman–Crippen LogP) is 0.554. The molecule has 1 fully saturated rings. The third-order valence-electron chi connectivity index (χ3n) is 2.01. The molecule has 54 valence electrons. The Hall–Kier alpha value is -0.860. The molecule has 1 atom stereocenters. The third-order valence-corrected chi connectivity index (χ3v) is 2.01. The van der Waals surface area contributed by atoms with Gasteiger partial charge in [-0.1, -0.05) is 0 Å². The molecule has 2 rings (SSSR count). The number of hydrogen-bond donors (Lipinski definition) is 1. The lowest BCUT2D eigenvalue weighted by atomic mass is 10.3. The van der Waals surface area contributed by atoms with Crippen molar-refractivity contribution in [3.05, 3.63) is 0 Å². The topological polar surface area (TPSA) is 50.7 Å². The Bertz CT molecular complexity index is 195. The van der Waals surface area contributed by atoms with Crippen LogP contribution in [0, 0.1) is 5.92 Å². The van der Waals surface area contributed by atoms with Gasteiger partial charge in [0.15, 0.2) is 0 Å². The monoisotopic (exact) mass is 137 g/mol. The van der Waals surface area contributed by atoms with Crippen LogP contribution < -0.4 is 5.73 Å². The first-order valence-corrected chi connectivity index (χ1v) is 3.65. The van der Waals surface area contributed by atoms with Gasteiger partial charge in [-0.15, -0.1) is 0 Å². The maximum Gasteiger partial charge on any atom is 0.145 e. The van der Waals surface area contributed by atoms with Gasteiger partial charge in [-0.3, -0.25) is 4.99 Å². The van der Waals surface area contributed by atoms with Crippen LogP contribution in [0.1, 0.15) is 19.8 Å². The Balaban J connectivity index is 2.15. The van der Waals surface area contributed by atoms with Crippen LogP contribution in [0.25, 0.3) is 0 Å². The Morgan fingerprint density at radius 2 is 2.10 bits per heavy atom. The van der Waals surface area contributed by atoms with Crippen LogP contribution in [0.15, 0.2) is 9.98 Å². The lowest BCUT2D eigenvalue weighted by Crippen LogP contribution is -2.17. The third kappa shape index (κ3) is 0.818. The highest BCUT2D eigenvalue weighted by molar-refractivity contribution is 6.41. The fourth-order valence-corrected chi connectivity index (χ4v) is 1.13. The molecule has 2 aliphatic rings. The molecule has 1 unspecified atom stereocenters. The van der Waals surface area contributed by atoms with Gasteiger partial charge in [0.05, 0.1) is 5.71 Å². The van der Waals surface area contributed by atoms with Gasteiger partial charge < -0.3 is 5.73 Å². The van der Waals surface area contributed by atoms with Crippen molar-refractivity contribution in [3.63, 3.8) is 0 Å². The molecular weight excluding hydrogens is 126 g/mol. The fraction of sp³-hybridized carbons (Fsp3) is 0.714. The van der Waals surface area contributed by atoms with E-state index in [9.17, 15) is 0 Å².